The molecule has 0 radical (unpaired) electrons. The summed E-state index contributed by atoms with van der Waals surface area (Å²) >= 11 is 0. The van der Waals surface area contributed by atoms with E-state index in [9.17, 15) is 13.2 Å². The Morgan fingerprint density at radius 3 is 2.32 bits per heavy atom. The summed E-state index contributed by atoms with van der Waals surface area (Å²) in [5.41, 5.74) is 0.829. The van der Waals surface area contributed by atoms with Crippen molar-refractivity contribution in [1.29, 1.82) is 0 Å². The van der Waals surface area contributed by atoms with E-state index in [4.69, 9.17) is 9.47 Å². The van der Waals surface area contributed by atoms with Gasteiger partial charge in [-0.05, 0) is 56.0 Å². The van der Waals surface area contributed by atoms with Gasteiger partial charge in [0.15, 0.2) is 11.5 Å². The van der Waals surface area contributed by atoms with Crippen molar-refractivity contribution in [3.05, 3.63) is 48.0 Å². The average Bonchev–Trinajstić information content (AvgIpc) is 3.33. The number of nitrogens with zero attached hydrogens (tertiary/aromatic N) is 1. The molecule has 0 saturated carbocycles. The molecular formula is C23H30N2O5S. The van der Waals surface area contributed by atoms with E-state index < -0.39 is 10.0 Å². The number of amides is 1. The molecule has 0 aromatic heterocycles. The van der Waals surface area contributed by atoms with Gasteiger partial charge in [0, 0.05) is 30.4 Å². The Labute approximate surface area is 184 Å². The van der Waals surface area contributed by atoms with Gasteiger partial charge in [-0.3, -0.25) is 4.79 Å². The third-order valence-corrected chi connectivity index (χ3v) is 6.82. The Morgan fingerprint density at radius 1 is 0.968 bits per heavy atom. The second-order valence-corrected chi connectivity index (χ2v) is 9.39. The minimum absolute atomic E-state index is 0.136. The quantitative estimate of drug-likeness (QED) is 0.588. The van der Waals surface area contributed by atoms with Gasteiger partial charge in [0.2, 0.25) is 10.0 Å². The Hall–Kier alpha value is -2.58. The lowest BCUT2D eigenvalue weighted by atomic mass is 10.2. The van der Waals surface area contributed by atoms with Crippen LogP contribution in [0.4, 0.5) is 5.69 Å². The molecule has 1 fully saturated rings. The van der Waals surface area contributed by atoms with E-state index in [-0.39, 0.29) is 16.4 Å². The van der Waals surface area contributed by atoms with Gasteiger partial charge >= 0.3 is 0 Å². The molecule has 1 aliphatic heterocycles. The Balaban J connectivity index is 1.78. The first-order chi connectivity index (χ1) is 15.0. The van der Waals surface area contributed by atoms with Crippen LogP contribution in [0.1, 0.15) is 49.9 Å². The molecule has 8 heteroatoms. The predicted octanol–water partition coefficient (Wildman–Crippen LogP) is 4.30. The number of benzene rings is 2. The van der Waals surface area contributed by atoms with E-state index in [1.54, 1.807) is 30.3 Å². The van der Waals surface area contributed by atoms with Gasteiger partial charge in [0.05, 0.1) is 18.1 Å². The van der Waals surface area contributed by atoms with Gasteiger partial charge in [-0.25, -0.2) is 8.42 Å². The second kappa shape index (κ2) is 10.6. The first-order valence-corrected chi connectivity index (χ1v) is 12.2. The lowest BCUT2D eigenvalue weighted by Crippen LogP contribution is -2.28. The summed E-state index contributed by atoms with van der Waals surface area (Å²) in [4.78, 5) is 12.9. The number of sulfonamides is 1. The number of ether oxygens (including phenoxy) is 2. The molecule has 1 aliphatic rings. The van der Waals surface area contributed by atoms with Crippen LogP contribution in [-0.4, -0.2) is 44.9 Å². The molecule has 1 saturated heterocycles. The first kappa shape index (κ1) is 23.1. The van der Waals surface area contributed by atoms with Crippen LogP contribution in [0.2, 0.25) is 0 Å². The molecule has 2 aromatic rings. The zero-order valence-corrected chi connectivity index (χ0v) is 18.9. The highest BCUT2D eigenvalue weighted by Gasteiger charge is 2.27. The molecule has 168 valence electrons. The van der Waals surface area contributed by atoms with Crippen LogP contribution in [0.15, 0.2) is 47.4 Å². The lowest BCUT2D eigenvalue weighted by molar-refractivity contribution is 0.102. The minimum Gasteiger partial charge on any atom is -0.490 e. The van der Waals surface area contributed by atoms with Gasteiger partial charge in [-0.2, -0.15) is 4.31 Å². The van der Waals surface area contributed by atoms with Crippen LogP contribution >= 0.6 is 0 Å². The summed E-state index contributed by atoms with van der Waals surface area (Å²) in [7, 11) is -3.58. The van der Waals surface area contributed by atoms with Crippen molar-refractivity contribution in [2.24, 2.45) is 0 Å². The molecule has 1 heterocycles. The molecule has 1 N–H and O–H groups in total. The zero-order chi connectivity index (χ0) is 22.3. The maximum atomic E-state index is 12.8. The van der Waals surface area contributed by atoms with Crippen molar-refractivity contribution in [3.63, 3.8) is 0 Å². The Bertz CT molecular complexity index is 1000. The average molecular weight is 447 g/mol. The fourth-order valence-corrected chi connectivity index (χ4v) is 4.88. The minimum atomic E-state index is -3.58. The molecule has 1 amide bonds. The molecule has 0 spiro atoms. The molecule has 2 aromatic carbocycles. The van der Waals surface area contributed by atoms with Gasteiger partial charge in [0.25, 0.3) is 5.91 Å². The number of hydrogen-bond donors (Lipinski definition) is 1. The lowest BCUT2D eigenvalue weighted by Gasteiger charge is -2.16. The largest absolute Gasteiger partial charge is 0.490 e. The Morgan fingerprint density at radius 2 is 1.65 bits per heavy atom. The van der Waals surface area contributed by atoms with E-state index in [0.717, 1.165) is 25.7 Å². The van der Waals surface area contributed by atoms with Gasteiger partial charge in [-0.15, -0.1) is 0 Å². The summed E-state index contributed by atoms with van der Waals surface area (Å²) in [5, 5.41) is 2.82. The zero-order valence-electron chi connectivity index (χ0n) is 18.1. The molecule has 7 nitrogen and oxygen atoms in total. The molecule has 3 rings (SSSR count). The van der Waals surface area contributed by atoms with Crippen molar-refractivity contribution < 1.29 is 22.7 Å². The number of rotatable bonds is 10. The van der Waals surface area contributed by atoms with Crippen molar-refractivity contribution in [3.8, 4) is 11.5 Å². The molecular weight excluding hydrogens is 416 g/mol. The van der Waals surface area contributed by atoms with E-state index in [1.165, 1.54) is 16.4 Å². The van der Waals surface area contributed by atoms with Crippen LogP contribution in [-0.2, 0) is 10.0 Å². The van der Waals surface area contributed by atoms with Gasteiger partial charge < -0.3 is 14.8 Å². The molecule has 0 atom stereocenters. The number of anilines is 1. The van der Waals surface area contributed by atoms with E-state index in [0.29, 0.717) is 43.5 Å². The van der Waals surface area contributed by atoms with Crippen LogP contribution < -0.4 is 14.8 Å². The second-order valence-electron chi connectivity index (χ2n) is 7.45. The van der Waals surface area contributed by atoms with Crippen LogP contribution in [0.25, 0.3) is 0 Å². The SMILES string of the molecule is CCCOc1ccc(NC(=O)c2cccc(S(=O)(=O)N3CCCC3)c2)cc1OCCC. The summed E-state index contributed by atoms with van der Waals surface area (Å²) in [6, 6.07) is 11.4. The highest BCUT2D eigenvalue weighted by atomic mass is 32.2. The predicted molar refractivity (Wildman–Crippen MR) is 120 cm³/mol. The maximum absolute atomic E-state index is 12.8. The van der Waals surface area contributed by atoms with Crippen molar-refractivity contribution in [2.45, 2.75) is 44.4 Å². The summed E-state index contributed by atoms with van der Waals surface area (Å²) in [5.74, 6) is 0.813. The monoisotopic (exact) mass is 446 g/mol. The fourth-order valence-electron chi connectivity index (χ4n) is 3.32. The van der Waals surface area contributed by atoms with Gasteiger partial charge in [0.1, 0.15) is 0 Å². The summed E-state index contributed by atoms with van der Waals surface area (Å²) in [6.07, 6.45) is 3.45. The van der Waals surface area contributed by atoms with Crippen LogP contribution in [0.5, 0.6) is 11.5 Å². The maximum Gasteiger partial charge on any atom is 0.255 e. The van der Waals surface area contributed by atoms with Crippen molar-refractivity contribution in [1.82, 2.24) is 4.31 Å². The first-order valence-electron chi connectivity index (χ1n) is 10.8. The normalized spacial score (nSPS) is 14.4. The van der Waals surface area contributed by atoms with E-state index in [2.05, 4.69) is 5.32 Å². The smallest absolute Gasteiger partial charge is 0.255 e. The summed E-state index contributed by atoms with van der Waals surface area (Å²) < 4.78 is 38.6. The molecule has 0 unspecified atom stereocenters. The van der Waals surface area contributed by atoms with Crippen molar-refractivity contribution >= 4 is 21.6 Å². The Kier molecular flexibility index (Phi) is 7.92. The highest BCUT2D eigenvalue weighted by molar-refractivity contribution is 7.89. The van der Waals surface area contributed by atoms with Crippen LogP contribution in [0, 0.1) is 0 Å². The number of carbonyl (C=O) groups excluding carboxylic acids is 1. The fraction of sp³-hybridized carbons (Fsp3) is 0.435. The van der Waals surface area contributed by atoms with Gasteiger partial charge in [-0.1, -0.05) is 19.9 Å². The number of nitrogens with one attached hydrogen (secondary N) is 1. The molecule has 31 heavy (non-hydrogen) atoms. The summed E-state index contributed by atoms with van der Waals surface area (Å²) in [6.45, 7) is 6.20. The number of carbonyl (C=O) groups is 1. The third kappa shape index (κ3) is 5.77. The van der Waals surface area contributed by atoms with Crippen LogP contribution in [0.3, 0.4) is 0 Å². The topological polar surface area (TPSA) is 84.9 Å². The van der Waals surface area contributed by atoms with E-state index in [1.807, 2.05) is 13.8 Å². The van der Waals surface area contributed by atoms with Crippen molar-refractivity contribution in [2.75, 3.05) is 31.6 Å². The third-order valence-electron chi connectivity index (χ3n) is 4.92. The standard InChI is InChI=1S/C23H30N2O5S/c1-3-14-29-21-11-10-19(17-22(21)30-15-4-2)24-23(26)18-8-7-9-20(16-18)31(27,28)25-12-5-6-13-25/h7-11,16-17H,3-6,12-15H2,1-2H3,(H,24,26). The molecule has 0 aliphatic carbocycles. The molecule has 0 bridgehead atoms. The van der Waals surface area contributed by atoms with E-state index >= 15 is 0 Å². The number of hydrogen-bond acceptors (Lipinski definition) is 5. The highest BCUT2D eigenvalue weighted by Crippen LogP contribution is 2.31.